The number of aromatic nitrogens is 2. The predicted octanol–water partition coefficient (Wildman–Crippen LogP) is 5.34. The summed E-state index contributed by atoms with van der Waals surface area (Å²) >= 11 is 0. The number of benzene rings is 4. The van der Waals surface area contributed by atoms with E-state index in [9.17, 15) is 15.0 Å². The topological polar surface area (TPSA) is 98.2 Å². The third kappa shape index (κ3) is 4.14. The molecule has 6 nitrogen and oxygen atoms in total. The van der Waals surface area contributed by atoms with Crippen LogP contribution in [-0.4, -0.2) is 20.2 Å². The van der Waals surface area contributed by atoms with Crippen LogP contribution in [0.3, 0.4) is 0 Å². The maximum atomic E-state index is 13.3. The molecule has 5 aromatic rings. The van der Waals surface area contributed by atoms with Crippen LogP contribution >= 0.6 is 0 Å². The SMILES string of the molecule is O=c1[nH]c(Nc2ccc(O)cc2)nc(-c2ccccc2)c1Cc1c(O)ccc2ccccc12. The number of aromatic hydroxyl groups is 2. The third-order valence-electron chi connectivity index (χ3n) is 5.56. The summed E-state index contributed by atoms with van der Waals surface area (Å²) in [6.45, 7) is 0. The van der Waals surface area contributed by atoms with E-state index in [0.717, 1.165) is 16.3 Å². The number of fused-ring (bicyclic) bond motifs is 1. The zero-order chi connectivity index (χ0) is 22.8. The zero-order valence-corrected chi connectivity index (χ0v) is 17.6. The number of anilines is 2. The molecule has 33 heavy (non-hydrogen) atoms. The number of phenolic OH excluding ortho intramolecular Hbond substituents is 2. The average molecular weight is 435 g/mol. The first kappa shape index (κ1) is 20.3. The quantitative estimate of drug-likeness (QED) is 0.280. The largest absolute Gasteiger partial charge is 0.508 e. The van der Waals surface area contributed by atoms with E-state index in [4.69, 9.17) is 4.98 Å². The van der Waals surface area contributed by atoms with Crippen LogP contribution in [0.15, 0.2) is 95.8 Å². The molecule has 4 aromatic carbocycles. The Balaban J connectivity index is 1.64. The first-order valence-corrected chi connectivity index (χ1v) is 10.5. The van der Waals surface area contributed by atoms with Gasteiger partial charge in [0, 0.05) is 28.8 Å². The Morgan fingerprint density at radius 2 is 1.52 bits per heavy atom. The van der Waals surface area contributed by atoms with Gasteiger partial charge < -0.3 is 15.5 Å². The molecule has 0 aliphatic heterocycles. The van der Waals surface area contributed by atoms with Gasteiger partial charge in [0.05, 0.1) is 5.69 Å². The van der Waals surface area contributed by atoms with Crippen LogP contribution in [0.2, 0.25) is 0 Å². The van der Waals surface area contributed by atoms with Crippen LogP contribution in [0.1, 0.15) is 11.1 Å². The van der Waals surface area contributed by atoms with Crippen molar-refractivity contribution in [3.63, 3.8) is 0 Å². The number of H-pyrrole nitrogens is 1. The van der Waals surface area contributed by atoms with Crippen LogP contribution in [-0.2, 0) is 6.42 Å². The number of phenols is 2. The van der Waals surface area contributed by atoms with E-state index in [1.165, 1.54) is 0 Å². The lowest BCUT2D eigenvalue weighted by Crippen LogP contribution is -2.18. The minimum Gasteiger partial charge on any atom is -0.508 e. The maximum Gasteiger partial charge on any atom is 0.256 e. The molecule has 0 amide bonds. The molecule has 6 heteroatoms. The average Bonchev–Trinajstić information content (AvgIpc) is 2.84. The van der Waals surface area contributed by atoms with Crippen molar-refractivity contribution >= 4 is 22.4 Å². The van der Waals surface area contributed by atoms with Crippen molar-refractivity contribution in [3.8, 4) is 22.8 Å². The second kappa shape index (κ2) is 8.51. The maximum absolute atomic E-state index is 13.3. The van der Waals surface area contributed by atoms with Crippen LogP contribution in [0.4, 0.5) is 11.6 Å². The van der Waals surface area contributed by atoms with Gasteiger partial charge in [0.1, 0.15) is 11.5 Å². The van der Waals surface area contributed by atoms with Crippen LogP contribution in [0, 0.1) is 0 Å². The van der Waals surface area contributed by atoms with Gasteiger partial charge in [-0.2, -0.15) is 0 Å². The number of nitrogens with zero attached hydrogens (tertiary/aromatic N) is 1. The molecule has 0 saturated carbocycles. The van der Waals surface area contributed by atoms with Crippen LogP contribution in [0.5, 0.6) is 11.5 Å². The van der Waals surface area contributed by atoms with Gasteiger partial charge in [-0.05, 0) is 41.1 Å². The van der Waals surface area contributed by atoms with E-state index in [1.807, 2.05) is 60.7 Å². The zero-order valence-electron chi connectivity index (χ0n) is 17.6. The lowest BCUT2D eigenvalue weighted by atomic mass is 9.95. The molecule has 0 spiro atoms. The van der Waals surface area contributed by atoms with Crippen molar-refractivity contribution in [1.82, 2.24) is 9.97 Å². The molecule has 0 unspecified atom stereocenters. The Morgan fingerprint density at radius 3 is 2.30 bits per heavy atom. The fraction of sp³-hybridized carbons (Fsp3) is 0.0370. The molecule has 1 aromatic heterocycles. The number of rotatable bonds is 5. The lowest BCUT2D eigenvalue weighted by molar-refractivity contribution is 0.470. The van der Waals surface area contributed by atoms with E-state index < -0.39 is 0 Å². The molecule has 0 saturated heterocycles. The second-order valence-electron chi connectivity index (χ2n) is 7.74. The molecule has 0 atom stereocenters. The molecule has 1 heterocycles. The monoisotopic (exact) mass is 435 g/mol. The highest BCUT2D eigenvalue weighted by Gasteiger charge is 2.17. The summed E-state index contributed by atoms with van der Waals surface area (Å²) in [5.41, 5.74) is 2.85. The fourth-order valence-electron chi connectivity index (χ4n) is 3.92. The van der Waals surface area contributed by atoms with Gasteiger partial charge in [0.15, 0.2) is 0 Å². The molecule has 4 N–H and O–H groups in total. The van der Waals surface area contributed by atoms with Crippen molar-refractivity contribution < 1.29 is 10.2 Å². The molecule has 5 rings (SSSR count). The van der Waals surface area contributed by atoms with E-state index >= 15 is 0 Å². The highest BCUT2D eigenvalue weighted by Crippen LogP contribution is 2.31. The molecule has 0 fully saturated rings. The van der Waals surface area contributed by atoms with Crippen LogP contribution < -0.4 is 10.9 Å². The molecule has 0 radical (unpaired) electrons. The summed E-state index contributed by atoms with van der Waals surface area (Å²) in [6, 6.07) is 27.3. The number of aromatic amines is 1. The van der Waals surface area contributed by atoms with Crippen molar-refractivity contribution in [2.45, 2.75) is 6.42 Å². The first-order chi connectivity index (χ1) is 16.1. The molecular weight excluding hydrogens is 414 g/mol. The Bertz CT molecular complexity index is 1490. The van der Waals surface area contributed by atoms with Crippen molar-refractivity contribution in [2.75, 3.05) is 5.32 Å². The van der Waals surface area contributed by atoms with E-state index in [2.05, 4.69) is 10.3 Å². The molecule has 0 aliphatic rings. The Morgan fingerprint density at radius 1 is 0.788 bits per heavy atom. The van der Waals surface area contributed by atoms with E-state index in [-0.39, 0.29) is 29.4 Å². The van der Waals surface area contributed by atoms with Gasteiger partial charge in [-0.1, -0.05) is 60.7 Å². The molecule has 0 bridgehead atoms. The van der Waals surface area contributed by atoms with E-state index in [0.29, 0.717) is 22.5 Å². The fourth-order valence-corrected chi connectivity index (χ4v) is 3.92. The number of hydrogen-bond donors (Lipinski definition) is 4. The summed E-state index contributed by atoms with van der Waals surface area (Å²) in [5.74, 6) is 0.575. The smallest absolute Gasteiger partial charge is 0.256 e. The van der Waals surface area contributed by atoms with Gasteiger partial charge in [-0.15, -0.1) is 0 Å². The summed E-state index contributed by atoms with van der Waals surface area (Å²) in [4.78, 5) is 20.8. The Labute approximate surface area is 189 Å². The first-order valence-electron chi connectivity index (χ1n) is 10.5. The highest BCUT2D eigenvalue weighted by atomic mass is 16.3. The summed E-state index contributed by atoms with van der Waals surface area (Å²) < 4.78 is 0. The van der Waals surface area contributed by atoms with Crippen molar-refractivity contribution in [3.05, 3.63) is 112 Å². The molecule has 162 valence electrons. The van der Waals surface area contributed by atoms with E-state index in [1.54, 1.807) is 30.3 Å². The van der Waals surface area contributed by atoms with Gasteiger partial charge in [-0.3, -0.25) is 9.78 Å². The summed E-state index contributed by atoms with van der Waals surface area (Å²) in [7, 11) is 0. The number of nitrogens with one attached hydrogen (secondary N) is 2. The standard InChI is InChI=1S/C27H21N3O3/c31-20-13-11-19(12-14-20)28-27-29-25(18-7-2-1-3-8-18)23(26(33)30-27)16-22-21-9-5-4-6-17(21)10-15-24(22)32/h1-15,31-32H,16H2,(H2,28,29,30,33). The minimum absolute atomic E-state index is 0.137. The Hall–Kier alpha value is -4.58. The van der Waals surface area contributed by atoms with Crippen LogP contribution in [0.25, 0.3) is 22.0 Å². The third-order valence-corrected chi connectivity index (χ3v) is 5.56. The van der Waals surface area contributed by atoms with Gasteiger partial charge in [0.2, 0.25) is 5.95 Å². The molecular formula is C27H21N3O3. The van der Waals surface area contributed by atoms with Crippen molar-refractivity contribution in [2.24, 2.45) is 0 Å². The van der Waals surface area contributed by atoms with Crippen molar-refractivity contribution in [1.29, 1.82) is 0 Å². The van der Waals surface area contributed by atoms with Gasteiger partial charge in [0.25, 0.3) is 5.56 Å². The summed E-state index contributed by atoms with van der Waals surface area (Å²) in [6.07, 6.45) is 0.221. The lowest BCUT2D eigenvalue weighted by Gasteiger charge is -2.14. The van der Waals surface area contributed by atoms with Gasteiger partial charge in [-0.25, -0.2) is 4.98 Å². The Kier molecular flexibility index (Phi) is 5.24. The normalized spacial score (nSPS) is 10.9. The summed E-state index contributed by atoms with van der Waals surface area (Å²) in [5, 5.41) is 25.1. The predicted molar refractivity (Wildman–Crippen MR) is 130 cm³/mol. The number of hydrogen-bond acceptors (Lipinski definition) is 5. The molecule has 0 aliphatic carbocycles. The second-order valence-corrected chi connectivity index (χ2v) is 7.74. The minimum atomic E-state index is -0.294. The highest BCUT2D eigenvalue weighted by molar-refractivity contribution is 5.88. The van der Waals surface area contributed by atoms with Gasteiger partial charge >= 0.3 is 0 Å².